The lowest BCUT2D eigenvalue weighted by Gasteiger charge is -2.09. The summed E-state index contributed by atoms with van der Waals surface area (Å²) in [5.74, 6) is -0.767. The molecule has 23 heavy (non-hydrogen) atoms. The smallest absolute Gasteiger partial charge is 0.272 e. The monoisotopic (exact) mass is 356 g/mol. The Morgan fingerprint density at radius 1 is 1.00 bits per heavy atom. The van der Waals surface area contributed by atoms with Crippen molar-refractivity contribution in [2.45, 2.75) is 9.79 Å². The van der Waals surface area contributed by atoms with Crippen molar-refractivity contribution in [3.8, 4) is 0 Å². The maximum absolute atomic E-state index is 12.1. The van der Waals surface area contributed by atoms with E-state index in [4.69, 9.17) is 5.14 Å². The molecule has 0 aliphatic heterocycles. The van der Waals surface area contributed by atoms with Gasteiger partial charge in [-0.05, 0) is 30.3 Å². The first-order valence-corrected chi connectivity index (χ1v) is 9.09. The lowest BCUT2D eigenvalue weighted by atomic mass is 10.3. The number of rotatable bonds is 5. The van der Waals surface area contributed by atoms with Gasteiger partial charge in [0.2, 0.25) is 10.0 Å². The average Bonchev–Trinajstić information content (AvgIpc) is 2.53. The van der Waals surface area contributed by atoms with Gasteiger partial charge < -0.3 is 0 Å². The zero-order valence-corrected chi connectivity index (χ0v) is 13.1. The second kappa shape index (κ2) is 6.42. The molecule has 4 N–H and O–H groups in total. The van der Waals surface area contributed by atoms with E-state index in [-0.39, 0.29) is 15.5 Å². The van der Waals surface area contributed by atoms with E-state index >= 15 is 0 Å². The van der Waals surface area contributed by atoms with Gasteiger partial charge in [-0.25, -0.2) is 22.0 Å². The number of hydrogen-bond acceptors (Lipinski definition) is 6. The molecule has 0 aliphatic carbocycles. The highest BCUT2D eigenvalue weighted by atomic mass is 32.2. The van der Waals surface area contributed by atoms with E-state index in [1.54, 1.807) is 12.1 Å². The van der Waals surface area contributed by atoms with Gasteiger partial charge >= 0.3 is 0 Å². The van der Waals surface area contributed by atoms with E-state index < -0.39 is 26.0 Å². The molecule has 0 bridgehead atoms. The highest BCUT2D eigenvalue weighted by molar-refractivity contribution is 7.90. The fourth-order valence-electron chi connectivity index (χ4n) is 1.55. The molecule has 1 aromatic carbocycles. The lowest BCUT2D eigenvalue weighted by molar-refractivity contribution is 0.0940. The molecule has 0 fully saturated rings. The molecule has 0 unspecified atom stereocenters. The van der Waals surface area contributed by atoms with Crippen LogP contribution in [0, 0.1) is 0 Å². The number of benzene rings is 1. The zero-order valence-electron chi connectivity index (χ0n) is 11.5. The number of nitrogens with two attached hydrogens (primary N) is 1. The van der Waals surface area contributed by atoms with E-state index in [1.807, 2.05) is 10.3 Å². The average molecular weight is 356 g/mol. The van der Waals surface area contributed by atoms with Crippen LogP contribution in [0.4, 0.5) is 0 Å². The summed E-state index contributed by atoms with van der Waals surface area (Å²) < 4.78 is 46.6. The molecule has 122 valence electrons. The van der Waals surface area contributed by atoms with Gasteiger partial charge in [-0.3, -0.25) is 15.2 Å². The quantitative estimate of drug-likeness (QED) is 0.606. The van der Waals surface area contributed by atoms with Gasteiger partial charge in [0.25, 0.3) is 15.9 Å². The van der Waals surface area contributed by atoms with E-state index in [2.05, 4.69) is 4.98 Å². The number of carbonyl (C=O) groups is 1. The molecule has 0 aliphatic rings. The minimum Gasteiger partial charge on any atom is -0.272 e. The molecule has 0 saturated carbocycles. The summed E-state index contributed by atoms with van der Waals surface area (Å²) in [7, 11) is -8.23. The van der Waals surface area contributed by atoms with Crippen molar-refractivity contribution in [3.05, 3.63) is 54.4 Å². The molecule has 2 rings (SSSR count). The van der Waals surface area contributed by atoms with E-state index in [9.17, 15) is 21.6 Å². The normalized spacial score (nSPS) is 11.9. The lowest BCUT2D eigenvalue weighted by Crippen LogP contribution is -2.41. The predicted octanol–water partition coefficient (Wildman–Crippen LogP) is -0.648. The maximum atomic E-state index is 12.1. The second-order valence-corrected chi connectivity index (χ2v) is 7.54. The van der Waals surface area contributed by atoms with Crippen LogP contribution in [0.1, 0.15) is 10.5 Å². The van der Waals surface area contributed by atoms with Gasteiger partial charge in [-0.2, -0.15) is 0 Å². The van der Waals surface area contributed by atoms with E-state index in [0.717, 1.165) is 18.2 Å². The molecular formula is C12H12N4O5S2. The van der Waals surface area contributed by atoms with Crippen molar-refractivity contribution in [1.29, 1.82) is 0 Å². The maximum Gasteiger partial charge on any atom is 0.284 e. The molecule has 0 atom stereocenters. The summed E-state index contributed by atoms with van der Waals surface area (Å²) in [6, 6.07) is 8.96. The van der Waals surface area contributed by atoms with Crippen LogP contribution >= 0.6 is 0 Å². The molecule has 9 nitrogen and oxygen atoms in total. The summed E-state index contributed by atoms with van der Waals surface area (Å²) >= 11 is 0. The fraction of sp³-hybridized carbons (Fsp3) is 0. The topological polar surface area (TPSA) is 148 Å². The molecule has 0 spiro atoms. The SMILES string of the molecule is NS(=O)(=O)c1cccc(S(=O)(=O)NNC(=O)c2ccccn2)c1. The molecule has 2 aromatic rings. The Morgan fingerprint density at radius 2 is 1.70 bits per heavy atom. The Kier molecular flexibility index (Phi) is 4.75. The Bertz CT molecular complexity index is 927. The fourth-order valence-corrected chi connectivity index (χ4v) is 3.07. The van der Waals surface area contributed by atoms with Crippen molar-refractivity contribution in [3.63, 3.8) is 0 Å². The Labute approximate surface area is 132 Å². The third-order valence-electron chi connectivity index (χ3n) is 2.64. The van der Waals surface area contributed by atoms with Gasteiger partial charge in [-0.1, -0.05) is 12.1 Å². The molecular weight excluding hydrogens is 344 g/mol. The van der Waals surface area contributed by atoms with Crippen molar-refractivity contribution in [1.82, 2.24) is 15.2 Å². The Morgan fingerprint density at radius 3 is 2.30 bits per heavy atom. The van der Waals surface area contributed by atoms with E-state index in [1.165, 1.54) is 18.3 Å². The van der Waals surface area contributed by atoms with Crippen LogP contribution < -0.4 is 15.4 Å². The third-order valence-corrected chi connectivity index (χ3v) is 4.80. The van der Waals surface area contributed by atoms with Crippen molar-refractivity contribution >= 4 is 26.0 Å². The Balaban J connectivity index is 2.18. The first kappa shape index (κ1) is 17.0. The van der Waals surface area contributed by atoms with Crippen LogP contribution in [-0.2, 0) is 20.0 Å². The van der Waals surface area contributed by atoms with Gasteiger partial charge in [-0.15, -0.1) is 4.83 Å². The number of nitrogens with zero attached hydrogens (tertiary/aromatic N) is 1. The van der Waals surface area contributed by atoms with Gasteiger partial charge in [0.1, 0.15) is 5.69 Å². The summed E-state index contributed by atoms with van der Waals surface area (Å²) in [6.07, 6.45) is 1.37. The number of amides is 1. The number of primary sulfonamides is 1. The zero-order chi connectivity index (χ0) is 17.1. The highest BCUT2D eigenvalue weighted by Gasteiger charge is 2.18. The standard InChI is InChI=1S/C12H12N4O5S2/c13-22(18,19)9-4-3-5-10(8-9)23(20,21)16-15-12(17)11-6-1-2-7-14-11/h1-8,16H,(H,15,17)(H2,13,18,19). The van der Waals surface area contributed by atoms with Crippen LogP contribution in [0.2, 0.25) is 0 Å². The molecule has 0 saturated heterocycles. The summed E-state index contributed by atoms with van der Waals surface area (Å²) in [4.78, 5) is 16.6. The molecule has 1 aromatic heterocycles. The van der Waals surface area contributed by atoms with Crippen LogP contribution in [0.3, 0.4) is 0 Å². The minimum absolute atomic E-state index is 0.00786. The molecule has 11 heteroatoms. The van der Waals surface area contributed by atoms with Crippen LogP contribution in [0.15, 0.2) is 58.5 Å². The predicted molar refractivity (Wildman–Crippen MR) is 79.8 cm³/mol. The highest BCUT2D eigenvalue weighted by Crippen LogP contribution is 2.14. The largest absolute Gasteiger partial charge is 0.284 e. The van der Waals surface area contributed by atoms with Crippen molar-refractivity contribution < 1.29 is 21.6 Å². The molecule has 1 amide bonds. The minimum atomic E-state index is -4.18. The van der Waals surface area contributed by atoms with Crippen molar-refractivity contribution in [2.75, 3.05) is 0 Å². The third kappa shape index (κ3) is 4.32. The van der Waals surface area contributed by atoms with Crippen molar-refractivity contribution in [2.24, 2.45) is 5.14 Å². The number of sulfonamides is 2. The first-order valence-electron chi connectivity index (χ1n) is 6.06. The number of nitrogens with one attached hydrogen (secondary N) is 2. The summed E-state index contributed by atoms with van der Waals surface area (Å²) in [5.41, 5.74) is 1.98. The number of hydrazine groups is 1. The number of carbonyl (C=O) groups excluding carboxylic acids is 1. The first-order chi connectivity index (χ1) is 10.7. The number of hydrogen-bond donors (Lipinski definition) is 3. The second-order valence-electron chi connectivity index (χ2n) is 4.29. The summed E-state index contributed by atoms with van der Waals surface area (Å²) in [5, 5.41) is 4.95. The van der Waals surface area contributed by atoms with Gasteiger partial charge in [0.15, 0.2) is 0 Å². The van der Waals surface area contributed by atoms with Crippen LogP contribution in [0.5, 0.6) is 0 Å². The van der Waals surface area contributed by atoms with E-state index in [0.29, 0.717) is 0 Å². The molecule has 1 heterocycles. The molecule has 0 radical (unpaired) electrons. The summed E-state index contributed by atoms with van der Waals surface area (Å²) in [6.45, 7) is 0. The Hall–Kier alpha value is -2.34. The van der Waals surface area contributed by atoms with Gasteiger partial charge in [0, 0.05) is 6.20 Å². The van der Waals surface area contributed by atoms with Gasteiger partial charge in [0.05, 0.1) is 9.79 Å². The number of pyridine rings is 1. The van der Waals surface area contributed by atoms with Crippen LogP contribution in [-0.4, -0.2) is 27.7 Å². The van der Waals surface area contributed by atoms with Crippen LogP contribution in [0.25, 0.3) is 0 Å². The number of aromatic nitrogens is 1.